The van der Waals surface area contributed by atoms with Crippen LogP contribution in [0.25, 0.3) is 0 Å². The van der Waals surface area contributed by atoms with E-state index in [0.29, 0.717) is 19.5 Å². The molecule has 1 aromatic rings. The van der Waals surface area contributed by atoms with Gasteiger partial charge in [-0.05, 0) is 43.7 Å². The van der Waals surface area contributed by atoms with Gasteiger partial charge in [0.1, 0.15) is 0 Å². The Hall–Kier alpha value is -1.70. The summed E-state index contributed by atoms with van der Waals surface area (Å²) >= 11 is 0. The minimum atomic E-state index is -3.53. The SMILES string of the molecule is O=C1CCCN1c1ccc(S(=O)(=O)NCC2=CCNCC2)cc1. The van der Waals surface area contributed by atoms with Gasteiger partial charge in [-0.3, -0.25) is 4.79 Å². The third-order valence-electron chi connectivity index (χ3n) is 4.18. The molecule has 0 bridgehead atoms. The summed E-state index contributed by atoms with van der Waals surface area (Å²) in [5.74, 6) is 0.0941. The van der Waals surface area contributed by atoms with Crippen molar-refractivity contribution >= 4 is 21.6 Å². The minimum absolute atomic E-state index is 0.0941. The number of benzene rings is 1. The second-order valence-corrected chi connectivity index (χ2v) is 7.55. The van der Waals surface area contributed by atoms with Gasteiger partial charge in [-0.2, -0.15) is 0 Å². The highest BCUT2D eigenvalue weighted by atomic mass is 32.2. The number of nitrogens with one attached hydrogen (secondary N) is 2. The Morgan fingerprint density at radius 1 is 1.17 bits per heavy atom. The van der Waals surface area contributed by atoms with Crippen LogP contribution >= 0.6 is 0 Å². The molecule has 2 aliphatic rings. The second-order valence-electron chi connectivity index (χ2n) is 5.78. The van der Waals surface area contributed by atoms with Crippen LogP contribution in [0.3, 0.4) is 0 Å². The van der Waals surface area contributed by atoms with Crippen molar-refractivity contribution < 1.29 is 13.2 Å². The quantitative estimate of drug-likeness (QED) is 0.787. The minimum Gasteiger partial charge on any atom is -0.313 e. The van der Waals surface area contributed by atoms with Gasteiger partial charge in [0.25, 0.3) is 0 Å². The molecule has 1 saturated heterocycles. The number of nitrogens with zero attached hydrogens (tertiary/aromatic N) is 1. The Morgan fingerprint density at radius 2 is 1.96 bits per heavy atom. The molecule has 2 aliphatic heterocycles. The van der Waals surface area contributed by atoms with E-state index in [2.05, 4.69) is 10.0 Å². The van der Waals surface area contributed by atoms with E-state index in [1.807, 2.05) is 6.08 Å². The zero-order chi connectivity index (χ0) is 16.3. The summed E-state index contributed by atoms with van der Waals surface area (Å²) in [4.78, 5) is 13.6. The third kappa shape index (κ3) is 3.80. The van der Waals surface area contributed by atoms with Crippen LogP contribution in [0.1, 0.15) is 19.3 Å². The van der Waals surface area contributed by atoms with Crippen LogP contribution in [0, 0.1) is 0 Å². The summed E-state index contributed by atoms with van der Waals surface area (Å²) < 4.78 is 27.3. The fourth-order valence-corrected chi connectivity index (χ4v) is 3.86. The van der Waals surface area contributed by atoms with E-state index in [1.165, 1.54) is 0 Å². The van der Waals surface area contributed by atoms with Gasteiger partial charge in [-0.15, -0.1) is 0 Å². The van der Waals surface area contributed by atoms with Crippen LogP contribution < -0.4 is 14.9 Å². The van der Waals surface area contributed by atoms with Gasteiger partial charge < -0.3 is 10.2 Å². The first-order valence-electron chi connectivity index (χ1n) is 7.85. The van der Waals surface area contributed by atoms with Gasteiger partial charge in [0, 0.05) is 31.7 Å². The predicted octanol–water partition coefficient (Wildman–Crippen LogP) is 1.01. The fraction of sp³-hybridized carbons (Fsp3) is 0.438. The van der Waals surface area contributed by atoms with Crippen LogP contribution in [0.4, 0.5) is 5.69 Å². The van der Waals surface area contributed by atoms with Crippen molar-refractivity contribution in [3.8, 4) is 0 Å². The summed E-state index contributed by atoms with van der Waals surface area (Å²) in [5.41, 5.74) is 1.86. The highest BCUT2D eigenvalue weighted by Crippen LogP contribution is 2.23. The summed E-state index contributed by atoms with van der Waals surface area (Å²) in [7, 11) is -3.53. The van der Waals surface area contributed by atoms with Gasteiger partial charge in [0.05, 0.1) is 4.90 Å². The summed E-state index contributed by atoms with van der Waals surface area (Å²) in [6.45, 7) is 2.71. The van der Waals surface area contributed by atoms with Crippen LogP contribution in [-0.2, 0) is 14.8 Å². The first-order valence-corrected chi connectivity index (χ1v) is 9.33. The number of amides is 1. The number of carbonyl (C=O) groups excluding carboxylic acids is 1. The lowest BCUT2D eigenvalue weighted by Gasteiger charge is -2.17. The molecule has 0 radical (unpaired) electrons. The zero-order valence-electron chi connectivity index (χ0n) is 12.9. The van der Waals surface area contributed by atoms with E-state index in [9.17, 15) is 13.2 Å². The number of anilines is 1. The number of sulfonamides is 1. The molecular weight excluding hydrogens is 314 g/mol. The Morgan fingerprint density at radius 3 is 2.57 bits per heavy atom. The summed E-state index contributed by atoms with van der Waals surface area (Å²) in [6, 6.07) is 6.50. The van der Waals surface area contributed by atoms with E-state index in [0.717, 1.165) is 37.2 Å². The lowest BCUT2D eigenvalue weighted by Crippen LogP contribution is -2.29. The van der Waals surface area contributed by atoms with Crippen LogP contribution in [0.15, 0.2) is 40.8 Å². The second kappa shape index (κ2) is 6.82. The monoisotopic (exact) mass is 335 g/mol. The summed E-state index contributed by atoms with van der Waals surface area (Å²) in [5, 5.41) is 3.19. The molecule has 2 heterocycles. The molecule has 1 amide bonds. The molecule has 0 aliphatic carbocycles. The predicted molar refractivity (Wildman–Crippen MR) is 88.8 cm³/mol. The highest BCUT2D eigenvalue weighted by Gasteiger charge is 2.22. The lowest BCUT2D eigenvalue weighted by molar-refractivity contribution is -0.117. The Bertz CT molecular complexity index is 711. The molecule has 0 spiro atoms. The van der Waals surface area contributed by atoms with Crippen molar-refractivity contribution in [1.29, 1.82) is 0 Å². The summed E-state index contributed by atoms with van der Waals surface area (Å²) in [6.07, 6.45) is 4.29. The number of rotatable bonds is 5. The van der Waals surface area contributed by atoms with Crippen molar-refractivity contribution in [2.24, 2.45) is 0 Å². The van der Waals surface area contributed by atoms with E-state index in [4.69, 9.17) is 0 Å². The van der Waals surface area contributed by atoms with Gasteiger partial charge in [-0.1, -0.05) is 11.6 Å². The molecule has 3 rings (SSSR count). The third-order valence-corrected chi connectivity index (χ3v) is 5.60. The highest BCUT2D eigenvalue weighted by molar-refractivity contribution is 7.89. The zero-order valence-corrected chi connectivity index (χ0v) is 13.7. The van der Waals surface area contributed by atoms with Crippen LogP contribution in [0.5, 0.6) is 0 Å². The topological polar surface area (TPSA) is 78.5 Å². The fourth-order valence-electron chi connectivity index (χ4n) is 2.83. The van der Waals surface area contributed by atoms with Gasteiger partial charge in [0.2, 0.25) is 15.9 Å². The smallest absolute Gasteiger partial charge is 0.240 e. The van der Waals surface area contributed by atoms with Crippen LogP contribution in [-0.4, -0.2) is 40.5 Å². The van der Waals surface area contributed by atoms with Crippen LogP contribution in [0.2, 0.25) is 0 Å². The van der Waals surface area contributed by atoms with E-state index in [-0.39, 0.29) is 10.8 Å². The molecular formula is C16H21N3O3S. The molecule has 0 saturated carbocycles. The van der Waals surface area contributed by atoms with Crippen molar-refractivity contribution in [1.82, 2.24) is 10.0 Å². The average molecular weight is 335 g/mol. The standard InChI is InChI=1S/C16H21N3O3S/c20-16-2-1-11-19(16)14-3-5-15(6-4-14)23(21,22)18-12-13-7-9-17-10-8-13/h3-7,17-18H,1-2,8-12H2. The first-order chi connectivity index (χ1) is 11.1. The molecule has 7 heteroatoms. The molecule has 0 aromatic heterocycles. The average Bonchev–Trinajstić information content (AvgIpc) is 3.00. The Kier molecular flexibility index (Phi) is 4.79. The Balaban J connectivity index is 1.67. The first kappa shape index (κ1) is 16.2. The van der Waals surface area contributed by atoms with Crippen molar-refractivity contribution in [3.63, 3.8) is 0 Å². The molecule has 2 N–H and O–H groups in total. The molecule has 0 atom stereocenters. The maximum atomic E-state index is 12.3. The van der Waals surface area contributed by atoms with Gasteiger partial charge >= 0.3 is 0 Å². The van der Waals surface area contributed by atoms with E-state index in [1.54, 1.807) is 29.2 Å². The largest absolute Gasteiger partial charge is 0.313 e. The Labute approximate surface area is 136 Å². The molecule has 1 aromatic carbocycles. The maximum Gasteiger partial charge on any atom is 0.240 e. The molecule has 124 valence electrons. The van der Waals surface area contributed by atoms with Gasteiger partial charge in [0.15, 0.2) is 0 Å². The normalized spacial score (nSPS) is 19.0. The van der Waals surface area contributed by atoms with E-state index >= 15 is 0 Å². The van der Waals surface area contributed by atoms with E-state index < -0.39 is 10.0 Å². The number of carbonyl (C=O) groups is 1. The molecule has 6 nitrogen and oxygen atoms in total. The van der Waals surface area contributed by atoms with Crippen molar-refractivity contribution in [2.75, 3.05) is 31.1 Å². The number of hydrogen-bond acceptors (Lipinski definition) is 4. The molecule has 23 heavy (non-hydrogen) atoms. The van der Waals surface area contributed by atoms with Crippen molar-refractivity contribution in [3.05, 3.63) is 35.9 Å². The maximum absolute atomic E-state index is 12.3. The molecule has 0 unspecified atom stereocenters. The van der Waals surface area contributed by atoms with Crippen molar-refractivity contribution in [2.45, 2.75) is 24.2 Å². The molecule has 1 fully saturated rings. The number of hydrogen-bond donors (Lipinski definition) is 2. The lowest BCUT2D eigenvalue weighted by atomic mass is 10.1. The van der Waals surface area contributed by atoms with Gasteiger partial charge in [-0.25, -0.2) is 13.1 Å².